The Morgan fingerprint density at radius 3 is 0.907 bits per heavy atom. The standard InChI is InChI=1S/2C8H14N2.C8H13N.4C7H12N2.3C6H11N3.8C2H6/c1-8(2,3)7-5-9-10(4)6-7;1-8(2,3)7-5-6-10(4)9-7;1-8(2,3)9-6-4-5-7-9;1-7(2,3)6-4-8-9-5-6;1-7(2,3)9-6-4-5-8-9;2*1-7(2,3)6-4-5-8-9-6;1-6(2,3)9-4-7-8-5-9;1-6(2,3)9-5-7-4-8-9;1-6(2,3)9-7-4-5-8-9;8*1-2/h2*5-6H,1-4H3;4-7H,1-3H3;4-5H,1-3H3,(H,8,9);4-6H,1-3H3;2*4-5H,1-3H3,(H,8,9);3*4-5H,1-3H3;8*1-2H3. The second-order valence-electron chi connectivity index (χ2n) is 32.4. The molecule has 0 fully saturated rings. The van der Waals surface area contributed by atoms with Crippen molar-refractivity contribution < 1.29 is 0 Å². The Morgan fingerprint density at radius 2 is 0.741 bits per heavy atom. The zero-order valence-electron chi connectivity index (χ0n) is 78.8. The van der Waals surface area contributed by atoms with Gasteiger partial charge in [0.1, 0.15) is 25.3 Å². The fourth-order valence-electron chi connectivity index (χ4n) is 6.74. The first-order valence-corrected chi connectivity index (χ1v) is 39.5. The highest BCUT2D eigenvalue weighted by Crippen LogP contribution is 2.23. The number of rotatable bonds is 0. The van der Waals surface area contributed by atoms with Crippen LogP contribution in [0, 0.1) is 0 Å². The van der Waals surface area contributed by atoms with E-state index in [4.69, 9.17) is 0 Å². The third-order valence-electron chi connectivity index (χ3n) is 12.9. The summed E-state index contributed by atoms with van der Waals surface area (Å²) in [6, 6.07) is 12.1. The maximum atomic E-state index is 4.30. The lowest BCUT2D eigenvalue weighted by atomic mass is 9.90. The van der Waals surface area contributed by atoms with Crippen LogP contribution in [0.5, 0.6) is 0 Å². The second kappa shape index (κ2) is 59.9. The molecule has 0 amide bonds. The van der Waals surface area contributed by atoms with E-state index in [1.54, 1.807) is 61.1 Å². The molecular formula is C86H170N22. The van der Waals surface area contributed by atoms with E-state index in [1.165, 1.54) is 22.5 Å². The van der Waals surface area contributed by atoms with Crippen molar-refractivity contribution in [1.82, 2.24) is 109 Å². The summed E-state index contributed by atoms with van der Waals surface area (Å²) in [5, 5.41) is 52.1. The maximum Gasteiger partial charge on any atom is 0.137 e. The van der Waals surface area contributed by atoms with Gasteiger partial charge in [-0.05, 0) is 162 Å². The van der Waals surface area contributed by atoms with Crippen LogP contribution in [-0.4, -0.2) is 109 Å². The Bertz CT molecular complexity index is 2730. The van der Waals surface area contributed by atoms with Crippen LogP contribution in [-0.2, 0) is 68.9 Å². The Kier molecular flexibility index (Phi) is 64.2. The molecule has 22 heteroatoms. The summed E-state index contributed by atoms with van der Waals surface area (Å²) in [4.78, 5) is 5.53. The zero-order valence-corrected chi connectivity index (χ0v) is 78.8. The summed E-state index contributed by atoms with van der Waals surface area (Å²) in [6.07, 6.45) is 31.3. The molecule has 10 heterocycles. The van der Waals surface area contributed by atoms with Crippen LogP contribution in [0.1, 0.15) is 347 Å². The summed E-state index contributed by atoms with van der Waals surface area (Å²) >= 11 is 0. The molecule has 0 aromatic carbocycles. The molecule has 0 atom stereocenters. The third-order valence-corrected chi connectivity index (χ3v) is 12.9. The summed E-state index contributed by atoms with van der Waals surface area (Å²) in [7, 11) is 3.88. The number of H-pyrrole nitrogens is 3. The van der Waals surface area contributed by atoms with E-state index in [0.717, 1.165) is 5.69 Å². The molecule has 10 aromatic heterocycles. The number of nitrogens with one attached hydrogen (secondary N) is 3. The molecule has 0 unspecified atom stereocenters. The van der Waals surface area contributed by atoms with Crippen molar-refractivity contribution in [3.8, 4) is 0 Å². The highest BCUT2D eigenvalue weighted by molar-refractivity contribution is 5.15. The van der Waals surface area contributed by atoms with E-state index in [2.05, 4.69) is 313 Å². The molecule has 10 aromatic rings. The SMILES string of the molecule is CC.CC.CC.CC.CC.CC.CC.CC.CC(C)(C)c1ccn[nH]1.CC(C)(C)c1ccn[nH]1.CC(C)(C)c1cn[nH]c1.CC(C)(C)n1cccc1.CC(C)(C)n1cccn1.CC(C)(C)n1cncn1.CC(C)(C)n1cnnc1.CC(C)(C)n1nccn1.Cn1cc(C(C)(C)C)cn1.Cn1ccc(C(C)(C)C)n1. The Labute approximate surface area is 663 Å². The monoisotopic (exact) mass is 1510 g/mol. The molecule has 3 N–H and O–H groups in total. The van der Waals surface area contributed by atoms with E-state index >= 15 is 0 Å². The highest BCUT2D eigenvalue weighted by Gasteiger charge is 2.19. The molecular weight excluding hydrogens is 1340 g/mol. The van der Waals surface area contributed by atoms with Gasteiger partial charge in [-0.15, -0.1) is 10.2 Å². The smallest absolute Gasteiger partial charge is 0.137 e. The molecule has 0 aliphatic carbocycles. The zero-order chi connectivity index (χ0) is 86.8. The molecule has 0 radical (unpaired) electrons. The van der Waals surface area contributed by atoms with Crippen LogP contribution < -0.4 is 0 Å². The van der Waals surface area contributed by atoms with Crippen molar-refractivity contribution >= 4 is 0 Å². The van der Waals surface area contributed by atoms with Gasteiger partial charge >= 0.3 is 0 Å². The molecule has 0 bridgehead atoms. The lowest BCUT2D eigenvalue weighted by molar-refractivity contribution is 0.312. The number of hydrogen-bond acceptors (Lipinski definition) is 12. The number of aromatic nitrogens is 22. The van der Waals surface area contributed by atoms with Crippen LogP contribution >= 0.6 is 0 Å². The molecule has 22 nitrogen and oxygen atoms in total. The van der Waals surface area contributed by atoms with Gasteiger partial charge in [-0.3, -0.25) is 29.3 Å². The highest BCUT2D eigenvalue weighted by atomic mass is 15.5. The van der Waals surface area contributed by atoms with Crippen LogP contribution in [0.25, 0.3) is 0 Å². The van der Waals surface area contributed by atoms with Gasteiger partial charge in [0.15, 0.2) is 0 Å². The summed E-state index contributed by atoms with van der Waals surface area (Å²) < 4.78 is 11.6. The molecule has 0 aliphatic rings. The van der Waals surface area contributed by atoms with Gasteiger partial charge in [0.25, 0.3) is 0 Å². The van der Waals surface area contributed by atoms with Gasteiger partial charge in [0, 0.05) is 109 Å². The molecule has 0 saturated carbocycles. The van der Waals surface area contributed by atoms with Crippen molar-refractivity contribution in [2.24, 2.45) is 14.1 Å². The van der Waals surface area contributed by atoms with Gasteiger partial charge in [-0.2, -0.15) is 50.7 Å². The largest absolute Gasteiger partial charge is 0.349 e. The quantitative estimate of drug-likeness (QED) is 0.129. The molecule has 0 aliphatic heterocycles. The first-order chi connectivity index (χ1) is 49.8. The molecule has 10 rings (SSSR count). The average Bonchev–Trinajstić information content (AvgIpc) is 1.73. The third kappa shape index (κ3) is 58.0. The van der Waals surface area contributed by atoms with E-state index in [0.29, 0.717) is 0 Å². The minimum Gasteiger partial charge on any atom is -0.349 e. The lowest BCUT2D eigenvalue weighted by Crippen LogP contribution is -2.24. The Hall–Kier alpha value is -8.04. The molecule has 108 heavy (non-hydrogen) atoms. The number of aromatic amines is 3. The lowest BCUT2D eigenvalue weighted by Gasteiger charge is -2.20. The van der Waals surface area contributed by atoms with Crippen LogP contribution in [0.4, 0.5) is 0 Å². The van der Waals surface area contributed by atoms with Gasteiger partial charge in [-0.25, -0.2) is 9.67 Å². The number of nitrogens with zero attached hydrogens (tertiary/aromatic N) is 19. The van der Waals surface area contributed by atoms with Gasteiger partial charge < -0.3 is 9.13 Å². The van der Waals surface area contributed by atoms with Gasteiger partial charge in [0.2, 0.25) is 0 Å². The predicted octanol–water partition coefficient (Wildman–Crippen LogP) is 23.7. The van der Waals surface area contributed by atoms with Crippen LogP contribution in [0.2, 0.25) is 0 Å². The maximum absolute atomic E-state index is 4.30. The van der Waals surface area contributed by atoms with Crippen molar-refractivity contribution in [3.63, 3.8) is 0 Å². The van der Waals surface area contributed by atoms with Crippen LogP contribution in [0.3, 0.4) is 0 Å². The van der Waals surface area contributed by atoms with Crippen molar-refractivity contribution in [3.05, 3.63) is 170 Å². The van der Waals surface area contributed by atoms with Crippen LogP contribution in [0.15, 0.2) is 142 Å². The Morgan fingerprint density at radius 1 is 0.324 bits per heavy atom. The minimum atomic E-state index is 0.0174. The predicted molar refractivity (Wildman–Crippen MR) is 468 cm³/mol. The fourth-order valence-corrected chi connectivity index (χ4v) is 6.74. The van der Waals surface area contributed by atoms with Crippen molar-refractivity contribution in [1.29, 1.82) is 0 Å². The first-order valence-electron chi connectivity index (χ1n) is 39.5. The first kappa shape index (κ1) is 116. The summed E-state index contributed by atoms with van der Waals surface area (Å²) in [5.41, 5.74) is 7.67. The minimum absolute atomic E-state index is 0.0174. The van der Waals surface area contributed by atoms with E-state index in [9.17, 15) is 0 Å². The molecule has 0 spiro atoms. The average molecular weight is 1510 g/mol. The second-order valence-corrected chi connectivity index (χ2v) is 32.4. The van der Waals surface area contributed by atoms with E-state index < -0.39 is 0 Å². The number of hydrogen-bond donors (Lipinski definition) is 3. The van der Waals surface area contributed by atoms with E-state index in [-0.39, 0.29) is 54.8 Å². The fraction of sp³-hybridized carbons (Fsp3) is 0.674. The van der Waals surface area contributed by atoms with E-state index in [1.807, 2.05) is 209 Å². The Balaban J connectivity index is -0.000000168. The number of aryl methyl sites for hydroxylation is 2. The van der Waals surface area contributed by atoms with Crippen molar-refractivity contribution in [2.45, 2.75) is 373 Å². The summed E-state index contributed by atoms with van der Waals surface area (Å²) in [5.74, 6) is 0. The normalized spacial score (nSPS) is 10.6. The topological polar surface area (TPSA) is 237 Å². The van der Waals surface area contributed by atoms with Gasteiger partial charge in [0.05, 0.1) is 47.1 Å². The molecule has 0 saturated heterocycles. The molecule has 624 valence electrons. The van der Waals surface area contributed by atoms with Crippen molar-refractivity contribution in [2.75, 3.05) is 0 Å². The summed E-state index contributed by atoms with van der Waals surface area (Å²) in [6.45, 7) is 96.2. The van der Waals surface area contributed by atoms with Gasteiger partial charge in [-0.1, -0.05) is 215 Å².